The molecule has 8 rings (SSSR count). The molecule has 7 aliphatic rings. The Morgan fingerprint density at radius 2 is 1.91 bits per heavy atom. The second-order valence-electron chi connectivity index (χ2n) is 14.0. The number of aryl methyl sites for hydroxylation is 1. The quantitative estimate of drug-likeness (QED) is 0.319. The van der Waals surface area contributed by atoms with Crippen molar-refractivity contribution in [2.24, 2.45) is 45.7 Å². The Hall–Kier alpha value is -3.25. The number of fused-ring (bicyclic) bond motifs is 2. The van der Waals surface area contributed by atoms with Crippen LogP contribution < -0.4 is 5.73 Å². The first kappa shape index (κ1) is 27.3. The second kappa shape index (κ2) is 9.37. The number of hydrogen-bond acceptors (Lipinski definition) is 6. The van der Waals surface area contributed by atoms with Crippen LogP contribution in [0, 0.1) is 39.9 Å². The fraction of sp³-hybridized carbons (Fsp3) is 0.541. The van der Waals surface area contributed by atoms with Crippen molar-refractivity contribution < 1.29 is 23.9 Å². The predicted octanol–water partition coefficient (Wildman–Crippen LogP) is 5.91. The summed E-state index contributed by atoms with van der Waals surface area (Å²) >= 11 is 0. The van der Waals surface area contributed by atoms with Crippen molar-refractivity contribution in [2.75, 3.05) is 6.54 Å². The number of esters is 2. The van der Waals surface area contributed by atoms with E-state index in [9.17, 15) is 14.4 Å². The number of ether oxygens (including phenoxy) is 2. The molecule has 9 atom stereocenters. The van der Waals surface area contributed by atoms with Crippen LogP contribution in [-0.2, 0) is 31.1 Å². The molecular weight excluding hydrogens is 538 g/mol. The lowest BCUT2D eigenvalue weighted by molar-refractivity contribution is -0.292. The molecule has 3 fully saturated rings. The number of carbonyl (C=O) groups is 3. The fourth-order valence-electron chi connectivity index (χ4n) is 11.0. The van der Waals surface area contributed by atoms with E-state index >= 15 is 0 Å². The summed E-state index contributed by atoms with van der Waals surface area (Å²) in [4.78, 5) is 43.0. The van der Waals surface area contributed by atoms with Crippen molar-refractivity contribution in [3.63, 3.8) is 0 Å². The smallest absolute Gasteiger partial charge is 0.339 e. The third-order valence-corrected chi connectivity index (χ3v) is 12.6. The van der Waals surface area contributed by atoms with Gasteiger partial charge in [-0.1, -0.05) is 80.2 Å². The molecule has 0 bridgehead atoms. The van der Waals surface area contributed by atoms with E-state index in [1.165, 1.54) is 0 Å². The van der Waals surface area contributed by atoms with Crippen LogP contribution >= 0.6 is 0 Å². The molecule has 5 aliphatic carbocycles. The number of hydrogen-bond donors (Lipinski definition) is 1. The molecule has 224 valence electrons. The molecule has 43 heavy (non-hydrogen) atoms. The molecule has 2 aliphatic heterocycles. The Morgan fingerprint density at radius 1 is 1.07 bits per heavy atom. The number of nitrogens with two attached hydrogens (primary N) is 1. The lowest BCUT2D eigenvalue weighted by Gasteiger charge is -2.69. The normalized spacial score (nSPS) is 42.5. The van der Waals surface area contributed by atoms with E-state index in [1.54, 1.807) is 0 Å². The van der Waals surface area contributed by atoms with Crippen molar-refractivity contribution in [1.82, 2.24) is 0 Å². The molecule has 2 heterocycles. The van der Waals surface area contributed by atoms with Gasteiger partial charge < -0.3 is 15.2 Å². The van der Waals surface area contributed by atoms with Gasteiger partial charge in [-0.05, 0) is 75.3 Å². The number of ketones is 1. The molecule has 6 nitrogen and oxygen atoms in total. The number of cyclic esters (lactones) is 1. The molecule has 0 amide bonds. The van der Waals surface area contributed by atoms with E-state index in [2.05, 4.69) is 49.5 Å². The van der Waals surface area contributed by atoms with Gasteiger partial charge in [0.05, 0.1) is 11.0 Å². The van der Waals surface area contributed by atoms with Crippen LogP contribution in [0.5, 0.6) is 0 Å². The monoisotopic (exact) mass is 579 g/mol. The van der Waals surface area contributed by atoms with E-state index in [-0.39, 0.29) is 35.0 Å². The van der Waals surface area contributed by atoms with Crippen LogP contribution in [0.2, 0.25) is 0 Å². The Balaban J connectivity index is 1.27. The maximum Gasteiger partial charge on any atom is 0.339 e. The van der Waals surface area contributed by atoms with Crippen LogP contribution in [0.1, 0.15) is 79.8 Å². The van der Waals surface area contributed by atoms with E-state index in [4.69, 9.17) is 15.2 Å². The molecule has 2 N–H and O–H groups in total. The third kappa shape index (κ3) is 3.06. The standard InChI is InChI=1S/C37H41NO5/c1-2-9-28-35-19-5-6-20-36(35,37(28)27-13-7-10-23(11-8-21-38)29(27)32(40)43-37)31(42-33(35)41)30(39)24-14-15-26-17-16-25-12-3-4-18-34(25,26)22-24/h3-5,7,10,12-15,18-19,24-26,28,31H,2,6,8-9,11,16-17,20-22,38H2,1H3. The van der Waals surface area contributed by atoms with E-state index in [1.807, 2.05) is 24.3 Å². The largest absolute Gasteiger partial charge is 0.453 e. The van der Waals surface area contributed by atoms with Gasteiger partial charge in [0.2, 0.25) is 0 Å². The molecule has 0 aromatic heterocycles. The zero-order chi connectivity index (χ0) is 29.6. The molecule has 1 aromatic rings. The van der Waals surface area contributed by atoms with Crippen LogP contribution in [0.4, 0.5) is 0 Å². The first-order valence-electron chi connectivity index (χ1n) is 16.4. The van der Waals surface area contributed by atoms with Gasteiger partial charge in [0, 0.05) is 22.8 Å². The number of carbonyl (C=O) groups excluding carboxylic acids is 3. The summed E-state index contributed by atoms with van der Waals surface area (Å²) in [5.41, 5.74) is 5.09. The van der Waals surface area contributed by atoms with Crippen molar-refractivity contribution in [2.45, 2.75) is 76.4 Å². The first-order valence-corrected chi connectivity index (χ1v) is 16.4. The zero-order valence-electron chi connectivity index (χ0n) is 24.9. The molecule has 2 spiro atoms. The summed E-state index contributed by atoms with van der Waals surface area (Å²) in [5, 5.41) is 0. The highest BCUT2D eigenvalue weighted by Gasteiger charge is 2.92. The fourth-order valence-corrected chi connectivity index (χ4v) is 11.0. The van der Waals surface area contributed by atoms with Crippen LogP contribution in [0.15, 0.2) is 66.8 Å². The van der Waals surface area contributed by atoms with E-state index in [0.717, 1.165) is 43.2 Å². The highest BCUT2D eigenvalue weighted by Crippen LogP contribution is 2.83. The minimum absolute atomic E-state index is 0.0405. The maximum absolute atomic E-state index is 14.9. The van der Waals surface area contributed by atoms with E-state index < -0.39 is 22.5 Å². The zero-order valence-corrected chi connectivity index (χ0v) is 24.9. The number of allylic oxidation sites excluding steroid dienone is 7. The van der Waals surface area contributed by atoms with Crippen molar-refractivity contribution in [3.05, 3.63) is 83.5 Å². The lowest BCUT2D eigenvalue weighted by atomic mass is 9.31. The molecule has 1 aromatic carbocycles. The van der Waals surface area contributed by atoms with Crippen molar-refractivity contribution in [1.29, 1.82) is 0 Å². The molecule has 1 saturated heterocycles. The highest BCUT2D eigenvalue weighted by molar-refractivity contribution is 6.02. The Bertz CT molecular complexity index is 1540. The summed E-state index contributed by atoms with van der Waals surface area (Å²) < 4.78 is 13.0. The third-order valence-electron chi connectivity index (χ3n) is 12.6. The van der Waals surface area contributed by atoms with Gasteiger partial charge in [-0.2, -0.15) is 0 Å². The van der Waals surface area contributed by atoms with Gasteiger partial charge in [-0.3, -0.25) is 9.59 Å². The average molecular weight is 580 g/mol. The Morgan fingerprint density at radius 3 is 2.72 bits per heavy atom. The summed E-state index contributed by atoms with van der Waals surface area (Å²) in [6, 6.07) is 5.98. The summed E-state index contributed by atoms with van der Waals surface area (Å²) in [6.07, 6.45) is 23.5. The van der Waals surface area contributed by atoms with Crippen molar-refractivity contribution >= 4 is 17.7 Å². The lowest BCUT2D eigenvalue weighted by Crippen LogP contribution is -2.78. The minimum atomic E-state index is -1.09. The molecule has 6 heteroatoms. The number of benzene rings is 1. The molecular formula is C37H41NO5. The summed E-state index contributed by atoms with van der Waals surface area (Å²) in [6.45, 7) is 2.63. The Labute approximate surface area is 253 Å². The van der Waals surface area contributed by atoms with Gasteiger partial charge in [0.1, 0.15) is 5.41 Å². The van der Waals surface area contributed by atoms with Gasteiger partial charge in [0.25, 0.3) is 0 Å². The summed E-state index contributed by atoms with van der Waals surface area (Å²) in [5.74, 6) is -0.538. The van der Waals surface area contributed by atoms with Crippen LogP contribution in [0.25, 0.3) is 0 Å². The van der Waals surface area contributed by atoms with Gasteiger partial charge >= 0.3 is 11.9 Å². The Kier molecular flexibility index (Phi) is 5.95. The van der Waals surface area contributed by atoms with E-state index in [0.29, 0.717) is 49.6 Å². The number of Topliss-reactive ketones (excluding diaryl/α,β-unsaturated/α-hetero) is 1. The first-order chi connectivity index (χ1) is 20.9. The predicted molar refractivity (Wildman–Crippen MR) is 162 cm³/mol. The molecule has 9 unspecified atom stereocenters. The van der Waals surface area contributed by atoms with Crippen molar-refractivity contribution in [3.8, 4) is 0 Å². The van der Waals surface area contributed by atoms with Crippen LogP contribution in [0.3, 0.4) is 0 Å². The average Bonchev–Trinajstić information content (AvgIpc) is 3.65. The SMILES string of the molecule is CCCC1C23C=CCCC2(C(C(=O)C2C=CC4CCC5C=CC=CC54C2)OC3=O)C12OC(=O)c1c(CCCN)cccc12. The summed E-state index contributed by atoms with van der Waals surface area (Å²) in [7, 11) is 0. The minimum Gasteiger partial charge on any atom is -0.453 e. The number of rotatable bonds is 7. The highest BCUT2D eigenvalue weighted by atomic mass is 16.6. The molecule has 2 saturated carbocycles. The van der Waals surface area contributed by atoms with Gasteiger partial charge in [-0.25, -0.2) is 4.79 Å². The topological polar surface area (TPSA) is 95.7 Å². The van der Waals surface area contributed by atoms with Crippen LogP contribution in [-0.4, -0.2) is 30.4 Å². The van der Waals surface area contributed by atoms with Gasteiger partial charge in [0.15, 0.2) is 17.5 Å². The maximum atomic E-state index is 14.9. The second-order valence-corrected chi connectivity index (χ2v) is 14.0. The van der Waals surface area contributed by atoms with Gasteiger partial charge in [-0.15, -0.1) is 0 Å². The molecule has 0 radical (unpaired) electrons.